The van der Waals surface area contributed by atoms with E-state index in [1.165, 1.54) is 4.40 Å². The Labute approximate surface area is 184 Å². The number of fused-ring (bicyclic) bond motifs is 2. The summed E-state index contributed by atoms with van der Waals surface area (Å²) in [4.78, 5) is 30.5. The first-order chi connectivity index (χ1) is 15.7. The molecule has 0 aliphatic carbocycles. The summed E-state index contributed by atoms with van der Waals surface area (Å²) < 4.78 is 3.61. The Bertz CT molecular complexity index is 1420. The number of aromatic carboxylic acids is 1. The first-order valence-corrected chi connectivity index (χ1v) is 10.6. The molecule has 1 N–H and O–H groups in total. The third kappa shape index (κ3) is 3.49. The summed E-state index contributed by atoms with van der Waals surface area (Å²) in [5.74, 6) is 0.283. The van der Waals surface area contributed by atoms with E-state index in [9.17, 15) is 9.90 Å². The zero-order valence-corrected chi connectivity index (χ0v) is 17.6. The first-order valence-electron chi connectivity index (χ1n) is 10.6. The fourth-order valence-corrected chi connectivity index (χ4v) is 3.92. The van der Waals surface area contributed by atoms with Gasteiger partial charge in [-0.15, -0.1) is 0 Å². The lowest BCUT2D eigenvalue weighted by Crippen LogP contribution is -2.09. The highest BCUT2D eigenvalue weighted by atomic mass is 16.4. The van der Waals surface area contributed by atoms with Gasteiger partial charge in [0.15, 0.2) is 11.3 Å². The summed E-state index contributed by atoms with van der Waals surface area (Å²) >= 11 is 0. The predicted molar refractivity (Wildman–Crippen MR) is 121 cm³/mol. The SMILES string of the molecule is CCCCc1nc2cccnc2n1Cc1ccn2c(C(=O)O)c(-c3ccccc3)nc2n1. The van der Waals surface area contributed by atoms with Gasteiger partial charge < -0.3 is 9.67 Å². The number of pyridine rings is 1. The molecule has 0 aliphatic rings. The molecule has 1 aromatic carbocycles. The van der Waals surface area contributed by atoms with E-state index >= 15 is 0 Å². The molecule has 8 nitrogen and oxygen atoms in total. The predicted octanol–water partition coefficient (Wildman–Crippen LogP) is 4.23. The zero-order chi connectivity index (χ0) is 22.1. The minimum atomic E-state index is -1.04. The van der Waals surface area contributed by atoms with E-state index in [2.05, 4.69) is 26.4 Å². The normalized spacial score (nSPS) is 11.4. The van der Waals surface area contributed by atoms with E-state index in [-0.39, 0.29) is 5.69 Å². The standard InChI is InChI=1S/C24H22N6O2/c1-2-3-11-19-27-18-10-7-13-25-22(18)30(19)15-17-12-14-29-21(23(31)32)20(28-24(29)26-17)16-8-5-4-6-9-16/h4-10,12-14H,2-3,11,15H2,1H3,(H,31,32). The van der Waals surface area contributed by atoms with Crippen LogP contribution in [0, 0.1) is 0 Å². The van der Waals surface area contributed by atoms with Crippen molar-refractivity contribution < 1.29 is 9.90 Å². The molecule has 0 spiro atoms. The van der Waals surface area contributed by atoms with Crippen molar-refractivity contribution in [2.45, 2.75) is 32.7 Å². The van der Waals surface area contributed by atoms with Gasteiger partial charge >= 0.3 is 5.97 Å². The number of hydrogen-bond acceptors (Lipinski definition) is 5. The van der Waals surface area contributed by atoms with E-state index in [4.69, 9.17) is 4.98 Å². The van der Waals surface area contributed by atoms with Crippen molar-refractivity contribution in [1.29, 1.82) is 0 Å². The summed E-state index contributed by atoms with van der Waals surface area (Å²) in [6, 6.07) is 15.0. The number of unbranched alkanes of at least 4 members (excludes halogenated alkanes) is 1. The second-order valence-electron chi connectivity index (χ2n) is 7.63. The molecule has 5 aromatic rings. The number of carboxylic acids is 1. The molecular formula is C24H22N6O2. The number of carbonyl (C=O) groups is 1. The van der Waals surface area contributed by atoms with Gasteiger partial charge in [-0.3, -0.25) is 4.40 Å². The number of nitrogens with zero attached hydrogens (tertiary/aromatic N) is 6. The van der Waals surface area contributed by atoms with Crippen LogP contribution in [0.2, 0.25) is 0 Å². The summed E-state index contributed by atoms with van der Waals surface area (Å²) in [5.41, 5.74) is 3.69. The van der Waals surface area contributed by atoms with Gasteiger partial charge in [-0.2, -0.15) is 0 Å². The van der Waals surface area contributed by atoms with Crippen LogP contribution < -0.4 is 0 Å². The van der Waals surface area contributed by atoms with E-state index in [0.29, 0.717) is 18.0 Å². The van der Waals surface area contributed by atoms with Crippen LogP contribution in [0.1, 0.15) is 41.8 Å². The molecule has 0 saturated heterocycles. The van der Waals surface area contributed by atoms with Crippen molar-refractivity contribution in [1.82, 2.24) is 28.9 Å². The Morgan fingerprint density at radius 3 is 2.66 bits per heavy atom. The van der Waals surface area contributed by atoms with Gasteiger partial charge in [0, 0.05) is 24.4 Å². The first kappa shape index (κ1) is 19.9. The lowest BCUT2D eigenvalue weighted by molar-refractivity contribution is 0.0690. The van der Waals surface area contributed by atoms with Crippen LogP contribution >= 0.6 is 0 Å². The third-order valence-electron chi connectivity index (χ3n) is 5.46. The Balaban J connectivity index is 1.59. The largest absolute Gasteiger partial charge is 0.476 e. The summed E-state index contributed by atoms with van der Waals surface area (Å²) in [6.07, 6.45) is 6.47. The average molecular weight is 426 g/mol. The molecular weight excluding hydrogens is 404 g/mol. The molecule has 0 saturated carbocycles. The Morgan fingerprint density at radius 2 is 1.88 bits per heavy atom. The van der Waals surface area contributed by atoms with E-state index in [1.54, 1.807) is 12.4 Å². The van der Waals surface area contributed by atoms with Crippen molar-refractivity contribution in [3.63, 3.8) is 0 Å². The smallest absolute Gasteiger partial charge is 0.355 e. The molecule has 0 amide bonds. The highest BCUT2D eigenvalue weighted by Crippen LogP contribution is 2.24. The maximum absolute atomic E-state index is 12.0. The maximum atomic E-state index is 12.0. The molecule has 0 bridgehead atoms. The van der Waals surface area contributed by atoms with E-state index in [1.807, 2.05) is 48.5 Å². The summed E-state index contributed by atoms with van der Waals surface area (Å²) in [7, 11) is 0. The van der Waals surface area contributed by atoms with Crippen molar-refractivity contribution in [2.24, 2.45) is 0 Å². The van der Waals surface area contributed by atoms with Gasteiger partial charge in [-0.25, -0.2) is 24.7 Å². The van der Waals surface area contributed by atoms with E-state index < -0.39 is 5.97 Å². The van der Waals surface area contributed by atoms with Crippen LogP contribution in [0.4, 0.5) is 0 Å². The number of aromatic nitrogens is 6. The van der Waals surface area contributed by atoms with Crippen LogP contribution in [0.3, 0.4) is 0 Å². The Morgan fingerprint density at radius 1 is 1.03 bits per heavy atom. The number of benzene rings is 1. The molecule has 0 radical (unpaired) electrons. The summed E-state index contributed by atoms with van der Waals surface area (Å²) in [5, 5.41) is 9.82. The lowest BCUT2D eigenvalue weighted by atomic mass is 10.1. The number of carboxylic acid groups (broad SMARTS) is 1. The van der Waals surface area contributed by atoms with Gasteiger partial charge in [0.25, 0.3) is 0 Å². The molecule has 5 rings (SSSR count). The molecule has 0 aliphatic heterocycles. The molecule has 4 aromatic heterocycles. The molecule has 0 unspecified atom stereocenters. The topological polar surface area (TPSA) is 98.2 Å². The van der Waals surface area contributed by atoms with Crippen LogP contribution in [-0.2, 0) is 13.0 Å². The molecule has 0 fully saturated rings. The van der Waals surface area contributed by atoms with E-state index in [0.717, 1.165) is 47.5 Å². The minimum absolute atomic E-state index is 0.101. The number of rotatable bonds is 7. The second kappa shape index (κ2) is 8.22. The molecule has 4 heterocycles. The van der Waals surface area contributed by atoms with Gasteiger partial charge in [-0.05, 0) is 24.6 Å². The van der Waals surface area contributed by atoms with Crippen LogP contribution in [-0.4, -0.2) is 40.0 Å². The lowest BCUT2D eigenvalue weighted by Gasteiger charge is -2.08. The van der Waals surface area contributed by atoms with Gasteiger partial charge in [0.2, 0.25) is 5.78 Å². The summed E-state index contributed by atoms with van der Waals surface area (Å²) in [6.45, 7) is 2.64. The number of hydrogen-bond donors (Lipinski definition) is 1. The fourth-order valence-electron chi connectivity index (χ4n) is 3.92. The van der Waals surface area contributed by atoms with Gasteiger partial charge in [-0.1, -0.05) is 43.7 Å². The number of imidazole rings is 2. The molecule has 0 atom stereocenters. The van der Waals surface area contributed by atoms with Gasteiger partial charge in [0.05, 0.1) is 12.2 Å². The highest BCUT2D eigenvalue weighted by Gasteiger charge is 2.21. The molecule has 32 heavy (non-hydrogen) atoms. The zero-order valence-electron chi connectivity index (χ0n) is 17.6. The van der Waals surface area contributed by atoms with Crippen LogP contribution in [0.25, 0.3) is 28.2 Å². The van der Waals surface area contributed by atoms with Crippen molar-refractivity contribution in [3.05, 3.63) is 78.1 Å². The monoisotopic (exact) mass is 426 g/mol. The Hall–Kier alpha value is -4.07. The maximum Gasteiger partial charge on any atom is 0.355 e. The molecule has 160 valence electrons. The van der Waals surface area contributed by atoms with Crippen LogP contribution in [0.15, 0.2) is 60.9 Å². The fraction of sp³-hybridized carbons (Fsp3) is 0.208. The quantitative estimate of drug-likeness (QED) is 0.418. The third-order valence-corrected chi connectivity index (χ3v) is 5.46. The second-order valence-corrected chi connectivity index (χ2v) is 7.63. The average Bonchev–Trinajstić information content (AvgIpc) is 3.36. The highest BCUT2D eigenvalue weighted by molar-refractivity contribution is 5.94. The van der Waals surface area contributed by atoms with Crippen molar-refractivity contribution >= 4 is 22.9 Å². The van der Waals surface area contributed by atoms with Gasteiger partial charge in [0.1, 0.15) is 17.0 Å². The Kier molecular flexibility index (Phi) is 5.10. The number of aryl methyl sites for hydroxylation is 1. The van der Waals surface area contributed by atoms with Crippen molar-refractivity contribution in [2.75, 3.05) is 0 Å². The minimum Gasteiger partial charge on any atom is -0.476 e. The van der Waals surface area contributed by atoms with Crippen molar-refractivity contribution in [3.8, 4) is 11.3 Å². The molecule has 8 heteroatoms. The van der Waals surface area contributed by atoms with Crippen LogP contribution in [0.5, 0.6) is 0 Å².